The van der Waals surface area contributed by atoms with Crippen LogP contribution in [0.2, 0.25) is 0 Å². The van der Waals surface area contributed by atoms with Crippen LogP contribution >= 0.6 is 0 Å². The molecule has 0 radical (unpaired) electrons. The van der Waals surface area contributed by atoms with Crippen LogP contribution in [0.5, 0.6) is 0 Å². The van der Waals surface area contributed by atoms with E-state index in [4.69, 9.17) is 0 Å². The van der Waals surface area contributed by atoms with Gasteiger partial charge in [-0.1, -0.05) is 133 Å². The van der Waals surface area contributed by atoms with Crippen LogP contribution < -0.4 is 41.3 Å². The highest BCUT2D eigenvalue weighted by atomic mass is 32.2. The molecule has 2 saturated heterocycles. The normalized spacial score (nSPS) is 25.3. The number of hydrogen-bond donors (Lipinski definition) is 8. The molecule has 5 fully saturated rings. The highest BCUT2D eigenvalue weighted by molar-refractivity contribution is 7.90. The molecule has 10 amide bonds. The first kappa shape index (κ1) is 70.6. The standard InChI is InChI=1S/C65H96N10O13S2/c1-17-42-32-64(42,57(81)72-89(85,86)45-22-20-19-21-23-45)69-54(78)48-31-41(37(5)6)35-75(48)56(80)52(62(12,13)14)68-60(84)71-63(15,16)44-26-28-46(29-27-44)90(87,88)73-58(82)65(33-43(65)18-2)70-53(77)47-30-40(36(3)4)34-74(47)55(79)51(61(9,10)11)67-59(83)66-49(38(7)8)50(76)39-24-25-39/h18-23,26-29,36-43,47-49,51-52H,2,17,24-25,30-35H2,1,3-16H3,(H,69,78)(H,70,77)(H,72,81)(H,73,82)(H2,66,67,83)(H2,68,71,84)/t40-,41-,42?,43?,47?,48?,49?,51-,52-,64-,65-/m1/s1. The second-order valence-corrected chi connectivity index (χ2v) is 32.7. The van der Waals surface area contributed by atoms with Crippen LogP contribution in [-0.4, -0.2) is 134 Å². The highest BCUT2D eigenvalue weighted by Crippen LogP contribution is 2.48. The first-order valence-electron chi connectivity index (χ1n) is 31.5. The lowest BCUT2D eigenvalue weighted by Crippen LogP contribution is -2.61. The summed E-state index contributed by atoms with van der Waals surface area (Å²) in [4.78, 5) is 130. The minimum Gasteiger partial charge on any atom is -0.340 e. The monoisotopic (exact) mass is 1290 g/mol. The molecule has 11 atom stereocenters. The summed E-state index contributed by atoms with van der Waals surface area (Å²) in [7, 11) is -8.89. The molecule has 2 aromatic carbocycles. The fourth-order valence-electron chi connectivity index (χ4n) is 12.5. The molecule has 0 bridgehead atoms. The number of benzene rings is 2. The number of urea groups is 2. The Balaban J connectivity index is 1.01. The SMILES string of the molecule is C=CC1C[C@]1(NC(=O)C1C[C@@H](C(C)C)CN1C(=O)[C@@H](NC(=O)NC(C(=O)C1CC1)C(C)C)C(C)(C)C)C(=O)NS(=O)(=O)c1ccc(C(C)(C)NC(=O)N[C@H](C(=O)N2C[C@H](C(C)C)CC2C(=O)N[C@]2(C(=O)NS(=O)(=O)c3ccccc3)CC2CC)C(C)(C)C)cc1. The predicted octanol–water partition coefficient (Wildman–Crippen LogP) is 5.76. The molecule has 23 nitrogen and oxygen atoms in total. The van der Waals surface area contributed by atoms with E-state index in [1.165, 1.54) is 64.4 Å². The molecule has 0 spiro atoms. The van der Waals surface area contributed by atoms with E-state index in [0.29, 0.717) is 12.0 Å². The number of nitrogens with one attached hydrogen (secondary N) is 8. The van der Waals surface area contributed by atoms with Gasteiger partial charge in [0.2, 0.25) is 23.6 Å². The topological polar surface area (TPSA) is 325 Å². The Kier molecular flexibility index (Phi) is 20.7. The maximum Gasteiger partial charge on any atom is 0.316 e. The van der Waals surface area contributed by atoms with E-state index in [-0.39, 0.29) is 95.8 Å². The van der Waals surface area contributed by atoms with E-state index in [2.05, 4.69) is 47.9 Å². The minimum atomic E-state index is -4.61. The van der Waals surface area contributed by atoms with Gasteiger partial charge in [0, 0.05) is 24.9 Å². The van der Waals surface area contributed by atoms with Gasteiger partial charge >= 0.3 is 12.1 Å². The fraction of sp³-hybridized carbons (Fsp3) is 0.646. The predicted molar refractivity (Wildman–Crippen MR) is 338 cm³/mol. The molecule has 90 heavy (non-hydrogen) atoms. The number of nitrogens with zero attached hydrogens (tertiary/aromatic N) is 2. The Morgan fingerprint density at radius 2 is 1.06 bits per heavy atom. The lowest BCUT2D eigenvalue weighted by Gasteiger charge is -2.37. The van der Waals surface area contributed by atoms with Crippen molar-refractivity contribution in [3.63, 3.8) is 0 Å². The van der Waals surface area contributed by atoms with E-state index >= 15 is 0 Å². The number of sulfonamides is 2. The van der Waals surface area contributed by atoms with Gasteiger partial charge in [0.25, 0.3) is 31.9 Å². The van der Waals surface area contributed by atoms with Crippen molar-refractivity contribution in [2.75, 3.05) is 13.1 Å². The maximum atomic E-state index is 14.9. The highest BCUT2D eigenvalue weighted by Gasteiger charge is 2.63. The molecule has 5 aliphatic rings. The van der Waals surface area contributed by atoms with E-state index in [0.717, 1.165) is 12.8 Å². The summed E-state index contributed by atoms with van der Waals surface area (Å²) in [5, 5.41) is 17.0. The summed E-state index contributed by atoms with van der Waals surface area (Å²) in [6, 6.07) is 6.11. The first-order valence-corrected chi connectivity index (χ1v) is 34.5. The van der Waals surface area contributed by atoms with Crippen molar-refractivity contribution in [1.82, 2.24) is 51.1 Å². The van der Waals surface area contributed by atoms with Crippen molar-refractivity contribution >= 4 is 73.3 Å². The molecule has 2 aromatic rings. The van der Waals surface area contributed by atoms with Crippen LogP contribution in [-0.2, 0) is 59.1 Å². The molecule has 8 N–H and O–H groups in total. The number of hydrogen-bond acceptors (Lipinski definition) is 13. The molecule has 5 unspecified atom stereocenters. The number of carbonyl (C=O) groups is 9. The summed E-state index contributed by atoms with van der Waals surface area (Å²) in [6.45, 7) is 31.5. The molecule has 7 rings (SSSR count). The fourth-order valence-corrected chi connectivity index (χ4v) is 14.6. The summed E-state index contributed by atoms with van der Waals surface area (Å²) < 4.78 is 58.9. The lowest BCUT2D eigenvalue weighted by atomic mass is 9.85. The summed E-state index contributed by atoms with van der Waals surface area (Å²) >= 11 is 0. The van der Waals surface area contributed by atoms with Crippen molar-refractivity contribution < 1.29 is 60.0 Å². The van der Waals surface area contributed by atoms with E-state index in [9.17, 15) is 60.0 Å². The van der Waals surface area contributed by atoms with Crippen LogP contribution in [0.3, 0.4) is 0 Å². The Hall–Kier alpha value is -6.89. The quantitative estimate of drug-likeness (QED) is 0.0581. The van der Waals surface area contributed by atoms with Gasteiger partial charge in [0.05, 0.1) is 21.4 Å². The van der Waals surface area contributed by atoms with Gasteiger partial charge in [-0.3, -0.25) is 33.6 Å². The van der Waals surface area contributed by atoms with E-state index < -0.39 is 131 Å². The van der Waals surface area contributed by atoms with Gasteiger partial charge in [-0.2, -0.15) is 0 Å². The van der Waals surface area contributed by atoms with Gasteiger partial charge in [-0.25, -0.2) is 35.9 Å². The van der Waals surface area contributed by atoms with E-state index in [1.807, 2.05) is 48.5 Å². The first-order chi connectivity index (χ1) is 41.6. The zero-order chi connectivity index (χ0) is 67.2. The number of Topliss-reactive ketones (excluding diaryl/α,β-unsaturated/α-hetero) is 1. The molecular weight excluding hydrogens is 1190 g/mol. The minimum absolute atomic E-state index is 0.0155. The lowest BCUT2D eigenvalue weighted by molar-refractivity contribution is -0.142. The second-order valence-electron chi connectivity index (χ2n) is 29.3. The van der Waals surface area contributed by atoms with E-state index in [1.54, 1.807) is 61.5 Å². The molecule has 496 valence electrons. The summed E-state index contributed by atoms with van der Waals surface area (Å²) in [6.07, 6.45) is 4.12. The molecule has 2 aliphatic heterocycles. The van der Waals surface area contributed by atoms with Crippen molar-refractivity contribution in [2.45, 2.75) is 205 Å². The Bertz CT molecular complexity index is 3340. The van der Waals surface area contributed by atoms with Crippen molar-refractivity contribution in [1.29, 1.82) is 0 Å². The zero-order valence-corrected chi connectivity index (χ0v) is 56.5. The average molecular weight is 1290 g/mol. The summed E-state index contributed by atoms with van der Waals surface area (Å²) in [5.74, 6) is -5.91. The molecule has 3 saturated carbocycles. The van der Waals surface area contributed by atoms with Crippen LogP contribution in [0.25, 0.3) is 0 Å². The van der Waals surface area contributed by atoms with Gasteiger partial charge in [-0.15, -0.1) is 6.58 Å². The second kappa shape index (κ2) is 26.4. The van der Waals surface area contributed by atoms with Gasteiger partial charge in [0.15, 0.2) is 5.78 Å². The molecular formula is C65H96N10O13S2. The molecule has 25 heteroatoms. The molecule has 0 aromatic heterocycles. The van der Waals surface area contributed by atoms with Gasteiger partial charge in [-0.05, 0) is 129 Å². The van der Waals surface area contributed by atoms with Crippen LogP contribution in [0.4, 0.5) is 9.59 Å². The maximum absolute atomic E-state index is 14.9. The Morgan fingerprint density at radius 1 is 0.611 bits per heavy atom. The third kappa shape index (κ3) is 15.5. The number of ketones is 1. The third-order valence-corrected chi connectivity index (χ3v) is 21.7. The van der Waals surface area contributed by atoms with Crippen molar-refractivity contribution in [3.05, 3.63) is 72.8 Å². The van der Waals surface area contributed by atoms with Crippen LogP contribution in [0, 0.1) is 58.2 Å². The number of likely N-dealkylation sites (tertiary alicyclic amines) is 2. The third-order valence-electron chi connectivity index (χ3n) is 19.0. The number of carbonyl (C=O) groups excluding carboxylic acids is 9. The number of amides is 10. The van der Waals surface area contributed by atoms with Crippen LogP contribution in [0.1, 0.15) is 154 Å². The largest absolute Gasteiger partial charge is 0.340 e. The molecule has 3 aliphatic carbocycles. The van der Waals surface area contributed by atoms with Crippen molar-refractivity contribution in [3.8, 4) is 0 Å². The average Bonchev–Trinajstić information content (AvgIpc) is 1.58. The molecule has 2 heterocycles. The Labute approximate surface area is 531 Å². The van der Waals surface area contributed by atoms with Gasteiger partial charge < -0.3 is 41.7 Å². The number of rotatable bonds is 24. The Morgan fingerprint density at radius 3 is 1.46 bits per heavy atom. The van der Waals surface area contributed by atoms with Crippen molar-refractivity contribution in [2.24, 2.45) is 58.2 Å². The zero-order valence-electron chi connectivity index (χ0n) is 54.9. The summed E-state index contributed by atoms with van der Waals surface area (Å²) in [5.41, 5.74) is -5.84. The van der Waals surface area contributed by atoms with Crippen LogP contribution in [0.15, 0.2) is 77.0 Å². The smallest absolute Gasteiger partial charge is 0.316 e. The van der Waals surface area contributed by atoms with Gasteiger partial charge in [0.1, 0.15) is 35.2 Å².